The summed E-state index contributed by atoms with van der Waals surface area (Å²) >= 11 is 0. The largest absolute Gasteiger partial charge is 0.573 e. The molecule has 0 spiro atoms. The second-order valence-corrected chi connectivity index (χ2v) is 5.20. The summed E-state index contributed by atoms with van der Waals surface area (Å²) in [5.41, 5.74) is 2.91. The van der Waals surface area contributed by atoms with Crippen LogP contribution >= 0.6 is 0 Å². The number of halogens is 3. The molecule has 3 rings (SSSR count). The summed E-state index contributed by atoms with van der Waals surface area (Å²) in [6, 6.07) is 4.36. The average Bonchev–Trinajstić information content (AvgIpc) is 2.81. The maximum atomic E-state index is 12.3. The summed E-state index contributed by atoms with van der Waals surface area (Å²) in [5, 5.41) is 0.757. The third-order valence-electron chi connectivity index (χ3n) is 3.64. The van der Waals surface area contributed by atoms with Gasteiger partial charge in [-0.25, -0.2) is 0 Å². The molecule has 3 nitrogen and oxygen atoms in total. The van der Waals surface area contributed by atoms with E-state index in [4.69, 9.17) is 0 Å². The fourth-order valence-electron chi connectivity index (χ4n) is 2.58. The lowest BCUT2D eigenvalue weighted by Crippen LogP contribution is -2.23. The van der Waals surface area contributed by atoms with Crippen LogP contribution in [-0.4, -0.2) is 36.4 Å². The van der Waals surface area contributed by atoms with Crippen molar-refractivity contribution in [1.82, 2.24) is 9.88 Å². The van der Waals surface area contributed by atoms with Crippen molar-refractivity contribution in [3.8, 4) is 5.75 Å². The SMILES string of the molecule is CN1CC=C(c2c[nH]c3ccc(OC(F)(F)F)cc23)CC1. The van der Waals surface area contributed by atoms with E-state index in [2.05, 4.69) is 20.7 Å². The number of nitrogens with one attached hydrogen (secondary N) is 1. The number of hydrogen-bond donors (Lipinski definition) is 1. The third kappa shape index (κ3) is 3.05. The predicted molar refractivity (Wildman–Crippen MR) is 75.1 cm³/mol. The molecule has 112 valence electrons. The van der Waals surface area contributed by atoms with Crippen molar-refractivity contribution in [2.45, 2.75) is 12.8 Å². The lowest BCUT2D eigenvalue weighted by molar-refractivity contribution is -0.274. The molecule has 2 aromatic rings. The van der Waals surface area contributed by atoms with Gasteiger partial charge in [0.1, 0.15) is 5.75 Å². The fourth-order valence-corrected chi connectivity index (χ4v) is 2.58. The van der Waals surface area contributed by atoms with Crippen LogP contribution in [0.25, 0.3) is 16.5 Å². The Balaban J connectivity index is 1.98. The molecule has 0 amide bonds. The summed E-state index contributed by atoms with van der Waals surface area (Å²) in [4.78, 5) is 5.29. The number of rotatable bonds is 2. The van der Waals surface area contributed by atoms with Gasteiger partial charge >= 0.3 is 6.36 Å². The van der Waals surface area contributed by atoms with Gasteiger partial charge in [0.05, 0.1) is 0 Å². The molecule has 0 bridgehead atoms. The minimum absolute atomic E-state index is 0.190. The summed E-state index contributed by atoms with van der Waals surface area (Å²) in [5.74, 6) is -0.190. The highest BCUT2D eigenvalue weighted by atomic mass is 19.4. The Labute approximate surface area is 120 Å². The van der Waals surface area contributed by atoms with Crippen molar-refractivity contribution < 1.29 is 17.9 Å². The Hall–Kier alpha value is -1.95. The highest BCUT2D eigenvalue weighted by Gasteiger charge is 2.31. The first-order valence-electron chi connectivity index (χ1n) is 6.67. The molecule has 0 aliphatic carbocycles. The molecule has 2 heterocycles. The van der Waals surface area contributed by atoms with E-state index in [9.17, 15) is 13.2 Å². The topological polar surface area (TPSA) is 28.3 Å². The lowest BCUT2D eigenvalue weighted by atomic mass is 9.99. The van der Waals surface area contributed by atoms with Gasteiger partial charge < -0.3 is 14.6 Å². The summed E-state index contributed by atoms with van der Waals surface area (Å²) < 4.78 is 41.0. The standard InChI is InChI=1S/C15H15F3N2O/c1-20-6-4-10(5-7-20)13-9-19-14-3-2-11(8-12(13)14)21-15(16,17)18/h2-4,8-9,19H,5-7H2,1H3. The van der Waals surface area contributed by atoms with Crippen molar-refractivity contribution in [3.63, 3.8) is 0 Å². The normalized spacial score (nSPS) is 17.0. The number of fused-ring (bicyclic) bond motifs is 1. The summed E-state index contributed by atoms with van der Waals surface area (Å²) in [6.45, 7) is 1.79. The van der Waals surface area contributed by atoms with Crippen LogP contribution in [0.5, 0.6) is 5.75 Å². The number of alkyl halides is 3. The van der Waals surface area contributed by atoms with Gasteiger partial charge in [0, 0.05) is 35.8 Å². The molecular formula is C15H15F3N2O. The van der Waals surface area contributed by atoms with Crippen molar-refractivity contribution in [1.29, 1.82) is 0 Å². The highest BCUT2D eigenvalue weighted by molar-refractivity contribution is 5.93. The zero-order valence-electron chi connectivity index (χ0n) is 11.5. The quantitative estimate of drug-likeness (QED) is 0.913. The Kier molecular flexibility index (Phi) is 3.41. The number of aromatic amines is 1. The summed E-state index contributed by atoms with van der Waals surface area (Å²) in [7, 11) is 2.04. The zero-order valence-corrected chi connectivity index (χ0v) is 11.5. The van der Waals surface area contributed by atoms with Crippen molar-refractivity contribution in [3.05, 3.63) is 36.0 Å². The molecule has 0 radical (unpaired) electrons. The fraction of sp³-hybridized carbons (Fsp3) is 0.333. The van der Waals surface area contributed by atoms with E-state index >= 15 is 0 Å². The first kappa shape index (κ1) is 14.0. The number of aromatic nitrogens is 1. The number of hydrogen-bond acceptors (Lipinski definition) is 2. The van der Waals surface area contributed by atoms with Crippen LogP contribution in [0.1, 0.15) is 12.0 Å². The summed E-state index contributed by atoms with van der Waals surface area (Å²) in [6.07, 6.45) is 0.174. The maximum Gasteiger partial charge on any atom is 0.573 e. The van der Waals surface area contributed by atoms with Crippen LogP contribution in [0.2, 0.25) is 0 Å². The predicted octanol–water partition coefficient (Wildman–Crippen LogP) is 3.79. The smallest absolute Gasteiger partial charge is 0.406 e. The van der Waals surface area contributed by atoms with E-state index in [0.29, 0.717) is 0 Å². The van der Waals surface area contributed by atoms with E-state index in [0.717, 1.165) is 41.5 Å². The molecule has 1 N–H and O–H groups in total. The molecular weight excluding hydrogens is 281 g/mol. The second-order valence-electron chi connectivity index (χ2n) is 5.20. The lowest BCUT2D eigenvalue weighted by Gasteiger charge is -2.21. The molecule has 0 atom stereocenters. The van der Waals surface area contributed by atoms with Gasteiger partial charge in [0.25, 0.3) is 0 Å². The van der Waals surface area contributed by atoms with Crippen molar-refractivity contribution >= 4 is 16.5 Å². The average molecular weight is 296 g/mol. The first-order chi connectivity index (χ1) is 9.92. The van der Waals surface area contributed by atoms with Crippen molar-refractivity contribution in [2.75, 3.05) is 20.1 Å². The Morgan fingerprint density at radius 3 is 2.76 bits per heavy atom. The third-order valence-corrected chi connectivity index (χ3v) is 3.64. The molecule has 0 unspecified atom stereocenters. The van der Waals surface area contributed by atoms with Gasteiger partial charge in [-0.15, -0.1) is 13.2 Å². The number of H-pyrrole nitrogens is 1. The monoisotopic (exact) mass is 296 g/mol. The van der Waals surface area contributed by atoms with Gasteiger partial charge in [-0.3, -0.25) is 0 Å². The Morgan fingerprint density at radius 1 is 1.29 bits per heavy atom. The molecule has 0 fully saturated rings. The van der Waals surface area contributed by atoms with E-state index < -0.39 is 6.36 Å². The van der Waals surface area contributed by atoms with Crippen LogP contribution < -0.4 is 4.74 Å². The maximum absolute atomic E-state index is 12.3. The number of likely N-dealkylation sites (N-methyl/N-ethyl adjacent to an activating group) is 1. The highest BCUT2D eigenvalue weighted by Crippen LogP contribution is 2.32. The molecule has 1 aromatic heterocycles. The van der Waals surface area contributed by atoms with Gasteiger partial charge in [-0.1, -0.05) is 6.08 Å². The molecule has 1 aliphatic heterocycles. The van der Waals surface area contributed by atoms with Gasteiger partial charge in [-0.2, -0.15) is 0 Å². The van der Waals surface area contributed by atoms with E-state index in [1.807, 2.05) is 13.2 Å². The molecule has 21 heavy (non-hydrogen) atoms. The molecule has 0 saturated carbocycles. The Bertz CT molecular complexity index is 688. The van der Waals surface area contributed by atoms with E-state index in [1.165, 1.54) is 12.1 Å². The first-order valence-corrected chi connectivity index (χ1v) is 6.67. The van der Waals surface area contributed by atoms with Gasteiger partial charge in [0.15, 0.2) is 0 Å². The second kappa shape index (κ2) is 5.11. The van der Waals surface area contributed by atoms with Crippen LogP contribution in [0.3, 0.4) is 0 Å². The molecule has 6 heteroatoms. The number of ether oxygens (including phenoxy) is 1. The zero-order chi connectivity index (χ0) is 15.0. The van der Waals surface area contributed by atoms with Crippen LogP contribution in [0.4, 0.5) is 13.2 Å². The van der Waals surface area contributed by atoms with Crippen LogP contribution in [-0.2, 0) is 0 Å². The molecule has 1 aliphatic rings. The Morgan fingerprint density at radius 2 is 2.10 bits per heavy atom. The number of nitrogens with zero attached hydrogens (tertiary/aromatic N) is 1. The van der Waals surface area contributed by atoms with E-state index in [-0.39, 0.29) is 5.75 Å². The van der Waals surface area contributed by atoms with Crippen LogP contribution in [0.15, 0.2) is 30.5 Å². The minimum Gasteiger partial charge on any atom is -0.406 e. The number of benzene rings is 1. The van der Waals surface area contributed by atoms with E-state index in [1.54, 1.807) is 6.07 Å². The molecule has 0 saturated heterocycles. The van der Waals surface area contributed by atoms with Crippen molar-refractivity contribution in [2.24, 2.45) is 0 Å². The van der Waals surface area contributed by atoms with Gasteiger partial charge in [-0.05, 0) is 37.2 Å². The minimum atomic E-state index is -4.67. The van der Waals surface area contributed by atoms with Crippen LogP contribution in [0, 0.1) is 0 Å². The van der Waals surface area contributed by atoms with Gasteiger partial charge in [0.2, 0.25) is 0 Å². The molecule has 1 aromatic carbocycles.